The molecule has 0 fully saturated rings. The van der Waals surface area contributed by atoms with Gasteiger partial charge in [-0.1, -0.05) is 44.5 Å². The Morgan fingerprint density at radius 3 is 2.36 bits per heavy atom. The van der Waals surface area contributed by atoms with Crippen molar-refractivity contribution in [2.24, 2.45) is 0 Å². The van der Waals surface area contributed by atoms with E-state index in [0.29, 0.717) is 18.7 Å². The first-order valence-corrected chi connectivity index (χ1v) is 14.5. The summed E-state index contributed by atoms with van der Waals surface area (Å²) in [6, 6.07) is 8.80. The molecule has 0 bridgehead atoms. The third-order valence-electron chi connectivity index (χ3n) is 6.12. The number of aliphatic hydroxyl groups is 1. The van der Waals surface area contributed by atoms with Gasteiger partial charge in [0.2, 0.25) is 5.91 Å². The van der Waals surface area contributed by atoms with Crippen molar-refractivity contribution < 1.29 is 32.4 Å². The molecule has 11 heteroatoms. The third kappa shape index (κ3) is 11.8. The summed E-state index contributed by atoms with van der Waals surface area (Å²) in [5.41, 5.74) is 2.43. The van der Waals surface area contributed by atoms with Crippen LogP contribution in [0, 0.1) is 11.6 Å². The first-order chi connectivity index (χ1) is 18.6. The van der Waals surface area contributed by atoms with Gasteiger partial charge in [-0.05, 0) is 48.1 Å². The van der Waals surface area contributed by atoms with E-state index in [9.17, 15) is 27.7 Å². The predicted molar refractivity (Wildman–Crippen MR) is 148 cm³/mol. The number of carbonyl (C=O) groups excluding carboxylic acids is 2. The van der Waals surface area contributed by atoms with Crippen molar-refractivity contribution >= 4 is 22.8 Å². The number of hydrogen-bond donors (Lipinski definition) is 4. The van der Waals surface area contributed by atoms with Crippen molar-refractivity contribution in [3.05, 3.63) is 70.8 Å². The molecule has 216 valence electrons. The van der Waals surface area contributed by atoms with E-state index < -0.39 is 52.6 Å². The number of benzene rings is 2. The molecule has 0 aromatic heterocycles. The van der Waals surface area contributed by atoms with Gasteiger partial charge in [0.1, 0.15) is 17.7 Å². The van der Waals surface area contributed by atoms with Gasteiger partial charge in [0.05, 0.1) is 25.0 Å². The van der Waals surface area contributed by atoms with Gasteiger partial charge in [-0.25, -0.2) is 13.6 Å². The zero-order chi connectivity index (χ0) is 28.8. The summed E-state index contributed by atoms with van der Waals surface area (Å²) in [4.78, 5) is 25.1. The van der Waals surface area contributed by atoms with Crippen LogP contribution >= 0.6 is 0 Å². The van der Waals surface area contributed by atoms with Crippen LogP contribution < -0.4 is 16.0 Å². The second-order valence-corrected chi connectivity index (χ2v) is 10.9. The van der Waals surface area contributed by atoms with Crippen molar-refractivity contribution in [3.63, 3.8) is 0 Å². The molecule has 8 nitrogen and oxygen atoms in total. The van der Waals surface area contributed by atoms with E-state index in [2.05, 4.69) is 33.7 Å². The number of carbonyl (C=O) groups is 2. The minimum absolute atomic E-state index is 0.0661. The summed E-state index contributed by atoms with van der Waals surface area (Å²) >= 11 is 0. The molecule has 0 saturated heterocycles. The number of amides is 2. The predicted octanol–water partition coefficient (Wildman–Crippen LogP) is 2.98. The molecule has 0 aliphatic heterocycles. The van der Waals surface area contributed by atoms with Crippen LogP contribution in [-0.2, 0) is 39.7 Å². The number of hydrogen-bond acceptors (Lipinski definition) is 6. The molecule has 0 heterocycles. The molecule has 2 rings (SSSR count). The van der Waals surface area contributed by atoms with Crippen molar-refractivity contribution in [1.82, 2.24) is 16.0 Å². The average molecular weight is 568 g/mol. The van der Waals surface area contributed by atoms with Crippen LogP contribution in [0.3, 0.4) is 0 Å². The summed E-state index contributed by atoms with van der Waals surface area (Å²) in [7, 11) is -0.249. The maximum atomic E-state index is 13.9. The molecule has 0 saturated carbocycles. The second kappa shape index (κ2) is 16.9. The first kappa shape index (κ1) is 32.3. The van der Waals surface area contributed by atoms with Crippen molar-refractivity contribution in [2.75, 3.05) is 25.2 Å². The fourth-order valence-corrected chi connectivity index (χ4v) is 5.36. The van der Waals surface area contributed by atoms with E-state index in [4.69, 9.17) is 0 Å². The van der Waals surface area contributed by atoms with E-state index in [1.165, 1.54) is 5.56 Å². The number of aliphatic hydroxyl groups excluding tert-OH is 1. The lowest BCUT2D eigenvalue weighted by Gasteiger charge is -2.27. The average Bonchev–Trinajstić information content (AvgIpc) is 2.90. The molecular formula is C28H39F2N3O5S. The van der Waals surface area contributed by atoms with Crippen LogP contribution in [0.2, 0.25) is 0 Å². The van der Waals surface area contributed by atoms with Crippen LogP contribution in [0.5, 0.6) is 0 Å². The summed E-state index contributed by atoms with van der Waals surface area (Å²) < 4.78 is 44.8. The van der Waals surface area contributed by atoms with Crippen molar-refractivity contribution in [1.29, 1.82) is 0 Å². The Bertz CT molecular complexity index is 1080. The number of rotatable bonds is 16. The lowest BCUT2D eigenvalue weighted by Crippen LogP contribution is -2.56. The quantitative estimate of drug-likeness (QED) is 0.248. The fraction of sp³-hybridized carbons (Fsp3) is 0.500. The smallest absolute Gasteiger partial charge is 0.407 e. The summed E-state index contributed by atoms with van der Waals surface area (Å²) in [5.74, 6) is -2.04. The van der Waals surface area contributed by atoms with E-state index >= 15 is 0 Å². The topological polar surface area (TPSA) is 117 Å². The van der Waals surface area contributed by atoms with Gasteiger partial charge in [-0.2, -0.15) is 0 Å². The number of halogens is 2. The fourth-order valence-electron chi connectivity index (χ4n) is 3.97. The number of aryl methyl sites for hydroxylation is 1. The summed E-state index contributed by atoms with van der Waals surface area (Å²) in [5, 5.41) is 19.2. The molecule has 1 unspecified atom stereocenters. The molecule has 2 amide bonds. The molecule has 4 N–H and O–H groups in total. The van der Waals surface area contributed by atoms with Crippen LogP contribution in [0.25, 0.3) is 0 Å². The molecule has 2 aromatic rings. The number of methoxy groups -OCH3 is 1. The second-order valence-electron chi connectivity index (χ2n) is 9.32. The van der Waals surface area contributed by atoms with E-state index in [0.717, 1.165) is 43.7 Å². The van der Waals surface area contributed by atoms with Gasteiger partial charge in [0, 0.05) is 35.7 Å². The minimum Gasteiger partial charge on any atom is -0.453 e. The van der Waals surface area contributed by atoms with Crippen LogP contribution in [0.4, 0.5) is 13.6 Å². The Hall–Kier alpha value is -2.89. The highest BCUT2D eigenvalue weighted by Gasteiger charge is 2.29. The highest BCUT2D eigenvalue weighted by atomic mass is 32.2. The van der Waals surface area contributed by atoms with Crippen molar-refractivity contribution in [3.8, 4) is 0 Å². The largest absolute Gasteiger partial charge is 0.453 e. The maximum Gasteiger partial charge on any atom is 0.407 e. The SMILES string of the molecule is CCCCS(=O)C[C@@H](NC(=O)OC)C(=O)N[C@@H](Cc1cc(F)cc(F)c1)[C@H](O)CNCc1cccc(CC)c1. The minimum atomic E-state index is -1.39. The number of alkyl carbamates (subject to hydrolysis) is 1. The van der Waals surface area contributed by atoms with Gasteiger partial charge >= 0.3 is 6.09 Å². The highest BCUT2D eigenvalue weighted by Crippen LogP contribution is 2.13. The van der Waals surface area contributed by atoms with Gasteiger partial charge in [-0.3, -0.25) is 9.00 Å². The third-order valence-corrected chi connectivity index (χ3v) is 7.57. The lowest BCUT2D eigenvalue weighted by molar-refractivity contribution is -0.124. The number of nitrogens with one attached hydrogen (secondary N) is 3. The molecule has 4 atom stereocenters. The monoisotopic (exact) mass is 567 g/mol. The highest BCUT2D eigenvalue weighted by molar-refractivity contribution is 7.85. The van der Waals surface area contributed by atoms with E-state index in [1.54, 1.807) is 0 Å². The van der Waals surface area contributed by atoms with Gasteiger partial charge in [0.25, 0.3) is 0 Å². The molecule has 0 aliphatic carbocycles. The molecule has 0 radical (unpaired) electrons. The Balaban J connectivity index is 2.18. The standard InChI is InChI=1S/C28H39F2N3O5S/c1-4-6-10-39(37)18-25(33-28(36)38-3)27(35)32-24(14-21-12-22(29)15-23(30)13-21)26(34)17-31-16-20-9-7-8-19(5-2)11-20/h7-9,11-13,15,24-26,31,34H,4-6,10,14,16-18H2,1-3H3,(H,32,35)(H,33,36)/t24-,25+,26+,39?/m0/s1. The molecular weight excluding hydrogens is 528 g/mol. The zero-order valence-electron chi connectivity index (χ0n) is 22.7. The molecule has 2 aromatic carbocycles. The van der Waals surface area contributed by atoms with Crippen LogP contribution in [0.15, 0.2) is 42.5 Å². The van der Waals surface area contributed by atoms with Gasteiger partial charge in [0.15, 0.2) is 0 Å². The van der Waals surface area contributed by atoms with Gasteiger partial charge in [-0.15, -0.1) is 0 Å². The Labute approximate surface area is 231 Å². The van der Waals surface area contributed by atoms with E-state index in [-0.39, 0.29) is 24.3 Å². The lowest BCUT2D eigenvalue weighted by atomic mass is 10.00. The number of ether oxygens (including phenoxy) is 1. The first-order valence-electron chi connectivity index (χ1n) is 13.1. The van der Waals surface area contributed by atoms with Crippen molar-refractivity contribution in [2.45, 2.75) is 64.3 Å². The molecule has 0 spiro atoms. The normalized spacial score (nSPS) is 14.2. The molecule has 39 heavy (non-hydrogen) atoms. The zero-order valence-corrected chi connectivity index (χ0v) is 23.5. The van der Waals surface area contributed by atoms with E-state index in [1.807, 2.05) is 25.1 Å². The Kier molecular flexibility index (Phi) is 14.0. The molecule has 0 aliphatic rings. The Morgan fingerprint density at radius 2 is 1.72 bits per heavy atom. The number of unbranched alkanes of at least 4 members (excludes halogenated alkanes) is 1. The van der Waals surface area contributed by atoms with Crippen LogP contribution in [0.1, 0.15) is 43.4 Å². The Morgan fingerprint density at radius 1 is 1.03 bits per heavy atom. The summed E-state index contributed by atoms with van der Waals surface area (Å²) in [6.07, 6.45) is 0.290. The maximum absolute atomic E-state index is 13.9. The van der Waals surface area contributed by atoms with Gasteiger partial charge < -0.3 is 25.8 Å². The van der Waals surface area contributed by atoms with Crippen LogP contribution in [-0.4, -0.2) is 64.7 Å². The summed E-state index contributed by atoms with van der Waals surface area (Å²) in [6.45, 7) is 4.53.